The Bertz CT molecular complexity index is 1850. The summed E-state index contributed by atoms with van der Waals surface area (Å²) in [5.74, 6) is -2.54. The van der Waals surface area contributed by atoms with Crippen LogP contribution in [-0.2, 0) is 4.79 Å². The lowest BCUT2D eigenvalue weighted by Crippen LogP contribution is -2.57. The van der Waals surface area contributed by atoms with E-state index in [9.17, 15) is 19.1 Å². The van der Waals surface area contributed by atoms with Gasteiger partial charge in [0.05, 0.1) is 24.5 Å². The Morgan fingerprint density at radius 1 is 1.15 bits per heavy atom. The summed E-state index contributed by atoms with van der Waals surface area (Å²) in [6.07, 6.45) is 5.64. The van der Waals surface area contributed by atoms with Gasteiger partial charge in [-0.1, -0.05) is 0 Å². The molecule has 0 radical (unpaired) electrons. The highest BCUT2D eigenvalue weighted by Gasteiger charge is 2.34. The van der Waals surface area contributed by atoms with Crippen molar-refractivity contribution in [2.24, 2.45) is 5.92 Å². The van der Waals surface area contributed by atoms with E-state index in [1.165, 1.54) is 24.5 Å². The molecule has 4 heterocycles. The van der Waals surface area contributed by atoms with Crippen molar-refractivity contribution < 1.29 is 28.2 Å². The number of aliphatic hydroxyl groups is 1. The van der Waals surface area contributed by atoms with Crippen LogP contribution in [0.1, 0.15) is 28.8 Å². The lowest BCUT2D eigenvalue weighted by Gasteiger charge is -2.39. The van der Waals surface area contributed by atoms with Crippen LogP contribution in [0.25, 0.3) is 16.9 Å². The van der Waals surface area contributed by atoms with Crippen molar-refractivity contribution in [2.45, 2.75) is 25.8 Å². The van der Waals surface area contributed by atoms with Gasteiger partial charge >= 0.3 is 0 Å². The number of fused-ring (bicyclic) bond motifs is 1. The van der Waals surface area contributed by atoms with E-state index >= 15 is 4.39 Å². The number of aryl methyl sites for hydroxylation is 1. The maximum absolute atomic E-state index is 15.0. The van der Waals surface area contributed by atoms with Crippen LogP contribution >= 0.6 is 0 Å². The van der Waals surface area contributed by atoms with Gasteiger partial charge in [0.1, 0.15) is 6.07 Å². The third kappa shape index (κ3) is 6.32. The number of nitrogens with zero attached hydrogens (tertiary/aromatic N) is 6. The molecule has 2 aliphatic rings. The number of anilines is 2. The van der Waals surface area contributed by atoms with E-state index < -0.39 is 18.2 Å². The lowest BCUT2D eigenvalue weighted by atomic mass is 9.93. The molecule has 2 saturated heterocycles. The van der Waals surface area contributed by atoms with Crippen molar-refractivity contribution in [2.75, 3.05) is 51.3 Å². The fourth-order valence-corrected chi connectivity index (χ4v) is 6.22. The minimum absolute atomic E-state index is 0.0401. The molecule has 0 aliphatic carbocycles. The number of halogens is 2. The number of aliphatic hydroxyl groups excluding tert-OH is 1. The van der Waals surface area contributed by atoms with Gasteiger partial charge in [-0.2, -0.15) is 9.65 Å². The molecular formula is C33H34F2N8O4. The number of piperidine rings is 1. The molecule has 12 nitrogen and oxygen atoms in total. The van der Waals surface area contributed by atoms with Crippen LogP contribution in [0.2, 0.25) is 0 Å². The molecular weight excluding hydrogens is 610 g/mol. The van der Waals surface area contributed by atoms with E-state index in [1.54, 1.807) is 38.6 Å². The molecule has 0 bridgehead atoms. The number of nitriles is 1. The second-order valence-electron chi connectivity index (χ2n) is 11.6. The maximum atomic E-state index is 15.0. The molecule has 6 rings (SSSR count). The van der Waals surface area contributed by atoms with E-state index in [4.69, 9.17) is 10.00 Å². The number of piperazine rings is 1. The highest BCUT2D eigenvalue weighted by atomic mass is 19.2. The van der Waals surface area contributed by atoms with Crippen molar-refractivity contribution >= 4 is 29.0 Å². The second-order valence-corrected chi connectivity index (χ2v) is 11.6. The number of benzene rings is 2. The Balaban J connectivity index is 1.13. The van der Waals surface area contributed by atoms with Gasteiger partial charge in [0.25, 0.3) is 5.91 Å². The van der Waals surface area contributed by atoms with Gasteiger partial charge in [-0.15, -0.1) is 0 Å². The lowest BCUT2D eigenvalue weighted by molar-refractivity contribution is -0.141. The summed E-state index contributed by atoms with van der Waals surface area (Å²) in [4.78, 5) is 39.0. The number of likely N-dealkylation sites (tertiary alicyclic amines) is 1. The highest BCUT2D eigenvalue weighted by molar-refractivity contribution is 5.96. The average molecular weight is 645 g/mol. The van der Waals surface area contributed by atoms with Crippen LogP contribution in [0.4, 0.5) is 20.3 Å². The minimum atomic E-state index is -1.20. The zero-order valence-electron chi connectivity index (χ0n) is 25.7. The molecule has 47 heavy (non-hydrogen) atoms. The Kier molecular flexibility index (Phi) is 9.28. The van der Waals surface area contributed by atoms with Crippen LogP contribution < -0.4 is 15.4 Å². The van der Waals surface area contributed by atoms with Crippen molar-refractivity contribution in [1.82, 2.24) is 29.5 Å². The van der Waals surface area contributed by atoms with E-state index in [-0.39, 0.29) is 47.4 Å². The van der Waals surface area contributed by atoms with Gasteiger partial charge in [0, 0.05) is 67.8 Å². The van der Waals surface area contributed by atoms with E-state index in [1.807, 2.05) is 13.0 Å². The third-order valence-electron chi connectivity index (χ3n) is 8.74. The van der Waals surface area contributed by atoms with Crippen molar-refractivity contribution in [3.05, 3.63) is 71.7 Å². The van der Waals surface area contributed by atoms with Crippen LogP contribution in [-0.4, -0.2) is 93.1 Å². The number of ether oxygens (including phenoxy) is 1. The normalized spacial score (nSPS) is 17.0. The number of nitrogens with one attached hydrogen (secondary N) is 2. The molecule has 2 aromatic carbocycles. The Morgan fingerprint density at radius 2 is 1.96 bits per heavy atom. The predicted octanol–water partition coefficient (Wildman–Crippen LogP) is 3.27. The topological polar surface area (TPSA) is 148 Å². The largest absolute Gasteiger partial charge is 0.476 e. The van der Waals surface area contributed by atoms with Crippen LogP contribution in [0, 0.1) is 35.8 Å². The first-order chi connectivity index (χ1) is 22.8. The molecule has 4 aromatic rings. The van der Waals surface area contributed by atoms with E-state index in [0.29, 0.717) is 68.3 Å². The molecule has 0 unspecified atom stereocenters. The molecule has 0 spiro atoms. The summed E-state index contributed by atoms with van der Waals surface area (Å²) in [7, 11) is 0. The number of carbonyl (C=O) groups excluding carboxylic acids is 2. The highest BCUT2D eigenvalue weighted by Crippen LogP contribution is 2.32. The van der Waals surface area contributed by atoms with Gasteiger partial charge in [-0.05, 0) is 55.7 Å². The SMILES string of the molecule is Cc1cc(Nc2nccn3c(-c4ccc(OCC#N)c(F)c4F)cnc23)ccc1C(=O)N1CCC(C(=O)N2CCNC[C@@H]2CO)CC1. The second kappa shape index (κ2) is 13.7. The van der Waals surface area contributed by atoms with Gasteiger partial charge in [-0.3, -0.25) is 14.0 Å². The number of amides is 2. The van der Waals surface area contributed by atoms with E-state index in [0.717, 1.165) is 5.56 Å². The number of aromatic nitrogens is 3. The zero-order chi connectivity index (χ0) is 33.1. The summed E-state index contributed by atoms with van der Waals surface area (Å²) in [5.41, 5.74) is 2.57. The smallest absolute Gasteiger partial charge is 0.254 e. The van der Waals surface area contributed by atoms with Gasteiger partial charge in [0.2, 0.25) is 11.7 Å². The van der Waals surface area contributed by atoms with Crippen LogP contribution in [0.5, 0.6) is 5.75 Å². The Morgan fingerprint density at radius 3 is 2.70 bits per heavy atom. The molecule has 2 fully saturated rings. The monoisotopic (exact) mass is 644 g/mol. The number of hydrogen-bond donors (Lipinski definition) is 3. The predicted molar refractivity (Wildman–Crippen MR) is 168 cm³/mol. The maximum Gasteiger partial charge on any atom is 0.254 e. The van der Waals surface area contributed by atoms with Gasteiger partial charge < -0.3 is 30.3 Å². The summed E-state index contributed by atoms with van der Waals surface area (Å²) in [6.45, 7) is 4.15. The molecule has 244 valence electrons. The molecule has 0 saturated carbocycles. The number of imidazole rings is 1. The number of carbonyl (C=O) groups is 2. The minimum Gasteiger partial charge on any atom is -0.476 e. The molecule has 2 aliphatic heterocycles. The van der Waals surface area contributed by atoms with Crippen molar-refractivity contribution in [1.29, 1.82) is 5.26 Å². The first kappa shape index (κ1) is 31.8. The standard InChI is InChI=1S/C33H34F2N8O4/c1-20-16-22(2-3-24(20)33(46)41-11-6-21(7-12-41)32(45)42-13-9-37-17-23(42)19-44)40-30-31-39-18-26(43(31)14-10-38-30)25-4-5-27(47-15-8-36)29(35)28(25)34/h2-5,10,14,16,18,21,23,37,44H,6-7,9,11-13,15,17,19H2,1H3,(H,38,40)/t23-/m1/s1. The Labute approximate surface area is 269 Å². The molecule has 2 amide bonds. The molecule has 1 atom stereocenters. The third-order valence-corrected chi connectivity index (χ3v) is 8.74. The zero-order valence-corrected chi connectivity index (χ0v) is 25.7. The fraction of sp³-hybridized carbons (Fsp3) is 0.364. The molecule has 14 heteroatoms. The molecule has 2 aromatic heterocycles. The average Bonchev–Trinajstić information content (AvgIpc) is 3.53. The number of rotatable bonds is 8. The summed E-state index contributed by atoms with van der Waals surface area (Å²) < 4.78 is 36.2. The fourth-order valence-electron chi connectivity index (χ4n) is 6.22. The quantitative estimate of drug-likeness (QED) is 0.263. The van der Waals surface area contributed by atoms with Gasteiger partial charge in [-0.25, -0.2) is 14.4 Å². The summed E-state index contributed by atoms with van der Waals surface area (Å²) in [5, 5.41) is 24.8. The number of hydrogen-bond acceptors (Lipinski definition) is 9. The summed E-state index contributed by atoms with van der Waals surface area (Å²) in [6, 6.07) is 9.46. The first-order valence-electron chi connectivity index (χ1n) is 15.4. The van der Waals surface area contributed by atoms with Crippen molar-refractivity contribution in [3.63, 3.8) is 0 Å². The van der Waals surface area contributed by atoms with E-state index in [2.05, 4.69) is 20.6 Å². The molecule has 3 N–H and O–H groups in total. The van der Waals surface area contributed by atoms with Crippen LogP contribution in [0.3, 0.4) is 0 Å². The summed E-state index contributed by atoms with van der Waals surface area (Å²) >= 11 is 0. The first-order valence-corrected chi connectivity index (χ1v) is 15.4. The Hall–Kier alpha value is -5.13. The van der Waals surface area contributed by atoms with Crippen molar-refractivity contribution in [3.8, 4) is 23.1 Å². The van der Waals surface area contributed by atoms with Crippen LogP contribution in [0.15, 0.2) is 48.9 Å². The van der Waals surface area contributed by atoms with Gasteiger partial charge in [0.15, 0.2) is 29.6 Å².